The van der Waals surface area contributed by atoms with Crippen molar-refractivity contribution in [1.82, 2.24) is 0 Å². The Morgan fingerprint density at radius 3 is 2.42 bits per heavy atom. The van der Waals surface area contributed by atoms with Gasteiger partial charge in [-0.15, -0.1) is 0 Å². The van der Waals surface area contributed by atoms with Crippen LogP contribution in [0.2, 0.25) is 0 Å². The average molecular weight is 270 g/mol. The Morgan fingerprint density at radius 2 is 1.84 bits per heavy atom. The first kappa shape index (κ1) is 13.8. The summed E-state index contributed by atoms with van der Waals surface area (Å²) in [6.45, 7) is -0.555. The maximum atomic E-state index is 11.7. The van der Waals surface area contributed by atoms with E-state index in [1.807, 2.05) is 0 Å². The van der Waals surface area contributed by atoms with Crippen LogP contribution < -0.4 is 4.74 Å². The van der Waals surface area contributed by atoms with E-state index in [-0.39, 0.29) is 11.5 Å². The van der Waals surface area contributed by atoms with Crippen molar-refractivity contribution < 1.29 is 34.7 Å². The van der Waals surface area contributed by atoms with Crippen LogP contribution >= 0.6 is 0 Å². The van der Waals surface area contributed by atoms with E-state index in [0.717, 1.165) is 0 Å². The van der Waals surface area contributed by atoms with Crippen molar-refractivity contribution in [3.8, 4) is 11.5 Å². The van der Waals surface area contributed by atoms with Gasteiger partial charge >= 0.3 is 0 Å². The first-order valence-electron chi connectivity index (χ1n) is 5.65. The number of ether oxygens (including phenoxy) is 2. The van der Waals surface area contributed by atoms with Crippen molar-refractivity contribution in [2.45, 2.75) is 24.6 Å². The summed E-state index contributed by atoms with van der Waals surface area (Å²) in [6.07, 6.45) is -5.68. The first-order chi connectivity index (χ1) is 9.02. The molecule has 1 aliphatic heterocycles. The molecule has 4 N–H and O–H groups in total. The fourth-order valence-electron chi connectivity index (χ4n) is 1.70. The lowest BCUT2D eigenvalue weighted by Crippen LogP contribution is -2.57. The van der Waals surface area contributed by atoms with Crippen molar-refractivity contribution >= 4 is 5.78 Å². The number of aromatic hydroxyl groups is 1. The molecule has 4 atom stereocenters. The smallest absolute Gasteiger partial charge is 0.263 e. The Kier molecular flexibility index (Phi) is 4.01. The molecule has 1 aromatic rings. The third-order valence-electron chi connectivity index (χ3n) is 2.79. The van der Waals surface area contributed by atoms with E-state index in [4.69, 9.17) is 19.7 Å². The van der Waals surface area contributed by atoms with E-state index in [9.17, 15) is 15.0 Å². The number of aliphatic hydroxyl groups excluding tert-OH is 3. The molecule has 0 saturated carbocycles. The lowest BCUT2D eigenvalue weighted by atomic mass is 10.0. The van der Waals surface area contributed by atoms with Gasteiger partial charge in [0.2, 0.25) is 5.78 Å². The van der Waals surface area contributed by atoms with Crippen LogP contribution in [-0.2, 0) is 9.53 Å². The lowest BCUT2D eigenvalue weighted by Gasteiger charge is -2.34. The molecular formula is C12H14O7. The second kappa shape index (κ2) is 5.54. The molecule has 0 amide bonds. The van der Waals surface area contributed by atoms with E-state index in [1.165, 1.54) is 24.3 Å². The fraction of sp³-hybridized carbons (Fsp3) is 0.417. The van der Waals surface area contributed by atoms with Crippen LogP contribution in [0.4, 0.5) is 0 Å². The predicted octanol–water partition coefficient (Wildman–Crippen LogP) is -1.22. The molecular weight excluding hydrogens is 256 g/mol. The number of ketones is 1. The van der Waals surface area contributed by atoms with E-state index in [2.05, 4.69) is 0 Å². The van der Waals surface area contributed by atoms with Crippen LogP contribution in [0.3, 0.4) is 0 Å². The van der Waals surface area contributed by atoms with Gasteiger partial charge in [-0.3, -0.25) is 4.79 Å². The zero-order valence-corrected chi connectivity index (χ0v) is 9.84. The number of rotatable bonds is 3. The summed E-state index contributed by atoms with van der Waals surface area (Å²) >= 11 is 0. The molecule has 2 unspecified atom stereocenters. The molecule has 19 heavy (non-hydrogen) atoms. The summed E-state index contributed by atoms with van der Waals surface area (Å²) < 4.78 is 10.3. The highest BCUT2D eigenvalue weighted by atomic mass is 16.7. The molecule has 1 fully saturated rings. The first-order valence-corrected chi connectivity index (χ1v) is 5.65. The number of carbonyl (C=O) groups excluding carboxylic acids is 1. The highest BCUT2D eigenvalue weighted by Crippen LogP contribution is 2.22. The molecule has 104 valence electrons. The maximum absolute atomic E-state index is 11.7. The van der Waals surface area contributed by atoms with Crippen LogP contribution in [0.1, 0.15) is 0 Å². The van der Waals surface area contributed by atoms with Crippen molar-refractivity contribution in [2.24, 2.45) is 0 Å². The van der Waals surface area contributed by atoms with Crippen molar-refractivity contribution in [2.75, 3.05) is 6.61 Å². The Hall–Kier alpha value is -1.67. The normalized spacial score (nSPS) is 31.2. The Balaban J connectivity index is 2.10. The fourth-order valence-corrected chi connectivity index (χ4v) is 1.70. The predicted molar refractivity (Wildman–Crippen MR) is 61.5 cm³/mol. The Morgan fingerprint density at radius 1 is 1.21 bits per heavy atom. The summed E-state index contributed by atoms with van der Waals surface area (Å²) in [4.78, 5) is 11.7. The lowest BCUT2D eigenvalue weighted by molar-refractivity contribution is -0.219. The number of phenolic OH excluding ortho intramolecular Hbond substituents is 1. The second-order valence-corrected chi connectivity index (χ2v) is 4.14. The number of aliphatic hydroxyl groups is 3. The van der Waals surface area contributed by atoms with Gasteiger partial charge in [0.15, 0.2) is 0 Å². The molecule has 0 spiro atoms. The number of benzene rings is 1. The third kappa shape index (κ3) is 2.85. The minimum Gasteiger partial charge on any atom is -0.508 e. The minimum absolute atomic E-state index is 0.0342. The molecule has 1 heterocycles. The Bertz CT molecular complexity index is 444. The molecule has 1 saturated heterocycles. The van der Waals surface area contributed by atoms with Crippen LogP contribution in [0.25, 0.3) is 0 Å². The zero-order chi connectivity index (χ0) is 14.0. The molecule has 1 aliphatic rings. The van der Waals surface area contributed by atoms with Crippen molar-refractivity contribution in [1.29, 1.82) is 0 Å². The number of hydrogen-bond donors (Lipinski definition) is 4. The van der Waals surface area contributed by atoms with Gasteiger partial charge in [0.05, 0.1) is 6.61 Å². The quantitative estimate of drug-likeness (QED) is 0.544. The van der Waals surface area contributed by atoms with Crippen LogP contribution in [0, 0.1) is 0 Å². The van der Waals surface area contributed by atoms with Gasteiger partial charge in [-0.25, -0.2) is 0 Å². The topological polar surface area (TPSA) is 116 Å². The molecule has 1 aromatic carbocycles. The van der Waals surface area contributed by atoms with E-state index >= 15 is 0 Å². The average Bonchev–Trinajstić information content (AvgIpc) is 2.42. The molecule has 0 aliphatic carbocycles. The van der Waals surface area contributed by atoms with Crippen molar-refractivity contribution in [3.63, 3.8) is 0 Å². The van der Waals surface area contributed by atoms with Gasteiger partial charge in [-0.05, 0) is 24.3 Å². The van der Waals surface area contributed by atoms with Crippen LogP contribution in [0.5, 0.6) is 11.5 Å². The largest absolute Gasteiger partial charge is 0.508 e. The van der Waals surface area contributed by atoms with E-state index in [1.54, 1.807) is 0 Å². The molecule has 0 radical (unpaired) electrons. The summed E-state index contributed by atoms with van der Waals surface area (Å²) in [6, 6.07) is 5.55. The number of Topliss-reactive ketones (excluding diaryl/α,β-unsaturated/α-hetero) is 1. The van der Waals surface area contributed by atoms with Crippen molar-refractivity contribution in [3.05, 3.63) is 24.3 Å². The third-order valence-corrected chi connectivity index (χ3v) is 2.79. The highest BCUT2D eigenvalue weighted by Gasteiger charge is 2.44. The van der Waals surface area contributed by atoms with Gasteiger partial charge in [0.25, 0.3) is 6.29 Å². The summed E-state index contributed by atoms with van der Waals surface area (Å²) in [5.41, 5.74) is 0. The molecule has 0 aromatic heterocycles. The van der Waals surface area contributed by atoms with Gasteiger partial charge in [-0.2, -0.15) is 0 Å². The summed E-state index contributed by atoms with van der Waals surface area (Å²) in [5.74, 6) is -0.548. The molecule has 0 bridgehead atoms. The molecule has 7 nitrogen and oxygen atoms in total. The number of hydrogen-bond acceptors (Lipinski definition) is 7. The summed E-state index contributed by atoms with van der Waals surface area (Å²) in [7, 11) is 0. The number of phenols is 1. The SMILES string of the molecule is O=C1[C@@H](Oc2ccc(O)cc2)OC(CO)C(O)[C@H]1O. The molecule has 2 rings (SSSR count). The highest BCUT2D eigenvalue weighted by molar-refractivity contribution is 5.87. The van der Waals surface area contributed by atoms with Gasteiger partial charge < -0.3 is 29.9 Å². The standard InChI is InChI=1S/C12H14O7/c13-5-8-9(15)10(16)11(17)12(19-8)18-7-3-1-6(14)2-4-7/h1-4,8-10,12-16H,5H2/t8?,9?,10-,12+/m1/s1. The maximum Gasteiger partial charge on any atom is 0.263 e. The number of carbonyl (C=O) groups is 1. The zero-order valence-electron chi connectivity index (χ0n) is 9.84. The van der Waals surface area contributed by atoms with Gasteiger partial charge in [0.1, 0.15) is 29.8 Å². The van der Waals surface area contributed by atoms with E-state index in [0.29, 0.717) is 0 Å². The van der Waals surface area contributed by atoms with Gasteiger partial charge in [-0.1, -0.05) is 0 Å². The minimum atomic E-state index is -1.67. The van der Waals surface area contributed by atoms with Gasteiger partial charge in [0, 0.05) is 0 Å². The van der Waals surface area contributed by atoms with Crippen LogP contribution in [-0.4, -0.2) is 57.4 Å². The monoisotopic (exact) mass is 270 g/mol. The second-order valence-electron chi connectivity index (χ2n) is 4.14. The Labute approximate surface area is 108 Å². The van der Waals surface area contributed by atoms with Crippen LogP contribution in [0.15, 0.2) is 24.3 Å². The molecule has 7 heteroatoms. The summed E-state index contributed by atoms with van der Waals surface area (Å²) in [5, 5.41) is 37.1. The van der Waals surface area contributed by atoms with E-state index < -0.39 is 37.0 Å².